The smallest absolute Gasteiger partial charge is 0.338 e. The number of rotatable bonds is 1. The Kier molecular flexibility index (Phi) is 1.27. The Morgan fingerprint density at radius 2 is 1.85 bits per heavy atom. The number of fused-ring (bicyclic) bond motifs is 1. The van der Waals surface area contributed by atoms with Crippen LogP contribution in [0.2, 0.25) is 0 Å². The second-order valence-electron chi connectivity index (χ2n) is 3.29. The van der Waals surface area contributed by atoms with Gasteiger partial charge < -0.3 is 9.47 Å². The van der Waals surface area contributed by atoms with Gasteiger partial charge in [-0.05, 0) is 5.56 Å². The van der Waals surface area contributed by atoms with E-state index in [0.717, 1.165) is 5.56 Å². The van der Waals surface area contributed by atoms with E-state index in [2.05, 4.69) is 0 Å². The van der Waals surface area contributed by atoms with Gasteiger partial charge >= 0.3 is 5.97 Å². The summed E-state index contributed by atoms with van der Waals surface area (Å²) in [6.45, 7) is 0. The highest BCUT2D eigenvalue weighted by Gasteiger charge is 2.59. The average Bonchev–Trinajstić information content (AvgIpc) is 2.89. The fourth-order valence-corrected chi connectivity index (χ4v) is 1.70. The van der Waals surface area contributed by atoms with E-state index in [4.69, 9.17) is 9.47 Å². The summed E-state index contributed by atoms with van der Waals surface area (Å²) in [7, 11) is 0. The normalized spacial score (nSPS) is 35.4. The molecule has 3 rings (SSSR count). The third-order valence-corrected chi connectivity index (χ3v) is 2.43. The number of hydrogen-bond acceptors (Lipinski definition) is 3. The van der Waals surface area contributed by atoms with Gasteiger partial charge in [0.1, 0.15) is 6.10 Å². The molecule has 0 aliphatic carbocycles. The van der Waals surface area contributed by atoms with Gasteiger partial charge in [-0.15, -0.1) is 0 Å². The van der Waals surface area contributed by atoms with Crippen molar-refractivity contribution in [3.05, 3.63) is 35.9 Å². The van der Waals surface area contributed by atoms with Crippen LogP contribution in [-0.2, 0) is 14.3 Å². The molecule has 2 saturated heterocycles. The molecule has 13 heavy (non-hydrogen) atoms. The van der Waals surface area contributed by atoms with Crippen LogP contribution >= 0.6 is 0 Å². The Labute approximate surface area is 75.3 Å². The predicted molar refractivity (Wildman–Crippen MR) is 43.9 cm³/mol. The van der Waals surface area contributed by atoms with Crippen LogP contribution in [0.3, 0.4) is 0 Å². The van der Waals surface area contributed by atoms with Gasteiger partial charge in [-0.25, -0.2) is 4.79 Å². The van der Waals surface area contributed by atoms with E-state index in [-0.39, 0.29) is 24.3 Å². The highest BCUT2D eigenvalue weighted by Crippen LogP contribution is 2.43. The summed E-state index contributed by atoms with van der Waals surface area (Å²) in [4.78, 5) is 11.1. The molecule has 1 aromatic rings. The van der Waals surface area contributed by atoms with Crippen LogP contribution in [0, 0.1) is 0 Å². The molecule has 2 heterocycles. The lowest BCUT2D eigenvalue weighted by atomic mass is 10.1. The van der Waals surface area contributed by atoms with Crippen LogP contribution in [0.5, 0.6) is 0 Å². The van der Waals surface area contributed by atoms with Gasteiger partial charge in [0.15, 0.2) is 12.2 Å². The quantitative estimate of drug-likeness (QED) is 0.474. The summed E-state index contributed by atoms with van der Waals surface area (Å²) in [6.07, 6.45) is -0.501. The molecule has 2 aliphatic heterocycles. The van der Waals surface area contributed by atoms with Crippen molar-refractivity contribution >= 4 is 5.97 Å². The topological polar surface area (TPSA) is 38.8 Å². The molecule has 2 aliphatic rings. The maximum atomic E-state index is 11.1. The molecule has 3 nitrogen and oxygen atoms in total. The van der Waals surface area contributed by atoms with Crippen molar-refractivity contribution in [1.82, 2.24) is 0 Å². The van der Waals surface area contributed by atoms with Crippen LogP contribution in [0.1, 0.15) is 11.7 Å². The van der Waals surface area contributed by atoms with E-state index in [1.54, 1.807) is 0 Å². The van der Waals surface area contributed by atoms with Gasteiger partial charge in [0.25, 0.3) is 0 Å². The molecular weight excluding hydrogens is 168 g/mol. The molecule has 0 bridgehead atoms. The second kappa shape index (κ2) is 2.33. The molecule has 3 atom stereocenters. The zero-order chi connectivity index (χ0) is 8.84. The highest BCUT2D eigenvalue weighted by atomic mass is 16.7. The Hall–Kier alpha value is -1.35. The Bertz CT molecular complexity index is 346. The summed E-state index contributed by atoms with van der Waals surface area (Å²) >= 11 is 0. The molecular formula is C10H8O3. The third-order valence-electron chi connectivity index (χ3n) is 2.43. The fourth-order valence-electron chi connectivity index (χ4n) is 1.70. The van der Waals surface area contributed by atoms with Gasteiger partial charge in [0, 0.05) is 0 Å². The first kappa shape index (κ1) is 7.09. The summed E-state index contributed by atoms with van der Waals surface area (Å²) in [5, 5.41) is 0. The molecule has 0 aromatic heterocycles. The predicted octanol–water partition coefficient (Wildman–Crippen LogP) is 1.05. The van der Waals surface area contributed by atoms with Crippen molar-refractivity contribution < 1.29 is 14.3 Å². The van der Waals surface area contributed by atoms with E-state index < -0.39 is 0 Å². The van der Waals surface area contributed by atoms with Crippen molar-refractivity contribution in [2.24, 2.45) is 0 Å². The number of carbonyl (C=O) groups is 1. The number of esters is 1. The van der Waals surface area contributed by atoms with Gasteiger partial charge in [0.05, 0.1) is 0 Å². The SMILES string of the molecule is O=C1OC(c2ccccc2)C2OC12. The van der Waals surface area contributed by atoms with Crippen LogP contribution in [-0.4, -0.2) is 18.2 Å². The number of epoxide rings is 1. The van der Waals surface area contributed by atoms with E-state index in [1.165, 1.54) is 0 Å². The Morgan fingerprint density at radius 1 is 1.08 bits per heavy atom. The monoisotopic (exact) mass is 176 g/mol. The van der Waals surface area contributed by atoms with Gasteiger partial charge in [0.2, 0.25) is 0 Å². The number of carbonyl (C=O) groups excluding carboxylic acids is 1. The Morgan fingerprint density at radius 3 is 2.38 bits per heavy atom. The van der Waals surface area contributed by atoms with Gasteiger partial charge in [-0.3, -0.25) is 0 Å². The number of ether oxygens (including phenoxy) is 2. The summed E-state index contributed by atoms with van der Waals surface area (Å²) < 4.78 is 10.3. The highest BCUT2D eigenvalue weighted by molar-refractivity contribution is 5.81. The number of benzene rings is 1. The van der Waals surface area contributed by atoms with E-state index in [9.17, 15) is 4.79 Å². The largest absolute Gasteiger partial charge is 0.453 e. The molecule has 2 fully saturated rings. The molecule has 3 unspecified atom stereocenters. The summed E-state index contributed by atoms with van der Waals surface area (Å²) in [6, 6.07) is 9.69. The number of hydrogen-bond donors (Lipinski definition) is 0. The van der Waals surface area contributed by atoms with E-state index in [1.807, 2.05) is 30.3 Å². The summed E-state index contributed by atoms with van der Waals surface area (Å²) in [5.74, 6) is -0.223. The van der Waals surface area contributed by atoms with Crippen LogP contribution in [0.15, 0.2) is 30.3 Å². The first-order chi connectivity index (χ1) is 6.36. The van der Waals surface area contributed by atoms with Crippen molar-refractivity contribution in [3.63, 3.8) is 0 Å². The van der Waals surface area contributed by atoms with Crippen molar-refractivity contribution in [3.8, 4) is 0 Å². The summed E-state index contributed by atoms with van der Waals surface area (Å²) in [5.41, 5.74) is 1.01. The maximum Gasteiger partial charge on any atom is 0.338 e. The molecule has 0 N–H and O–H groups in total. The molecule has 0 radical (unpaired) electrons. The minimum absolute atomic E-state index is 0.0325. The van der Waals surface area contributed by atoms with E-state index in [0.29, 0.717) is 0 Å². The van der Waals surface area contributed by atoms with Crippen molar-refractivity contribution in [1.29, 1.82) is 0 Å². The van der Waals surface area contributed by atoms with Crippen LogP contribution in [0.25, 0.3) is 0 Å². The molecule has 0 amide bonds. The maximum absolute atomic E-state index is 11.1. The van der Waals surface area contributed by atoms with Gasteiger partial charge in [-0.1, -0.05) is 30.3 Å². The van der Waals surface area contributed by atoms with Crippen molar-refractivity contribution in [2.45, 2.75) is 18.3 Å². The molecule has 0 saturated carbocycles. The second-order valence-corrected chi connectivity index (χ2v) is 3.29. The average molecular weight is 176 g/mol. The fraction of sp³-hybridized carbons (Fsp3) is 0.300. The lowest BCUT2D eigenvalue weighted by molar-refractivity contribution is -0.149. The van der Waals surface area contributed by atoms with E-state index >= 15 is 0 Å². The Balaban J connectivity index is 1.91. The van der Waals surface area contributed by atoms with Gasteiger partial charge in [-0.2, -0.15) is 0 Å². The zero-order valence-electron chi connectivity index (χ0n) is 6.84. The minimum Gasteiger partial charge on any atom is -0.453 e. The van der Waals surface area contributed by atoms with Crippen LogP contribution < -0.4 is 0 Å². The lowest BCUT2D eigenvalue weighted by Crippen LogP contribution is -2.08. The number of cyclic esters (lactones) is 1. The third kappa shape index (κ3) is 0.971. The van der Waals surface area contributed by atoms with Crippen LogP contribution in [0.4, 0.5) is 0 Å². The minimum atomic E-state index is -0.287. The molecule has 0 spiro atoms. The standard InChI is InChI=1S/C10H8O3/c11-10-9-8(12-9)7(13-10)6-4-2-1-3-5-6/h1-5,7-9H. The van der Waals surface area contributed by atoms with Crippen molar-refractivity contribution in [2.75, 3.05) is 0 Å². The lowest BCUT2D eigenvalue weighted by Gasteiger charge is -2.10. The molecule has 3 heteroatoms. The zero-order valence-corrected chi connectivity index (χ0v) is 6.84. The first-order valence-electron chi connectivity index (χ1n) is 4.27. The first-order valence-corrected chi connectivity index (χ1v) is 4.27. The molecule has 66 valence electrons. The molecule has 1 aromatic carbocycles.